The lowest BCUT2D eigenvalue weighted by molar-refractivity contribution is 0.0494. The molecule has 1 aromatic heterocycles. The van der Waals surface area contributed by atoms with Crippen molar-refractivity contribution in [1.29, 1.82) is 0 Å². The number of carbonyl (C=O) groups excluding carboxylic acids is 1. The Morgan fingerprint density at radius 3 is 2.40 bits per heavy atom. The first-order valence-electron chi connectivity index (χ1n) is 6.78. The maximum absolute atomic E-state index is 11.8. The topological polar surface area (TPSA) is 76.1 Å². The van der Waals surface area contributed by atoms with Crippen molar-refractivity contribution in [3.8, 4) is 0 Å². The van der Waals surface area contributed by atoms with Crippen LogP contribution in [0.5, 0.6) is 0 Å². The van der Waals surface area contributed by atoms with Gasteiger partial charge in [-0.3, -0.25) is 0 Å². The molecule has 0 radical (unpaired) electrons. The van der Waals surface area contributed by atoms with E-state index in [0.717, 1.165) is 0 Å². The summed E-state index contributed by atoms with van der Waals surface area (Å²) in [5.41, 5.74) is -0.498. The molecule has 6 nitrogen and oxygen atoms in total. The summed E-state index contributed by atoms with van der Waals surface area (Å²) in [6.45, 7) is 10.1. The number of hydrogen-bond donors (Lipinski definition) is 2. The van der Waals surface area contributed by atoms with Crippen molar-refractivity contribution in [3.05, 3.63) is 18.5 Å². The van der Waals surface area contributed by atoms with Gasteiger partial charge in [0.25, 0.3) is 0 Å². The van der Waals surface area contributed by atoms with Crippen molar-refractivity contribution < 1.29 is 9.53 Å². The van der Waals surface area contributed by atoms with E-state index in [1.54, 1.807) is 18.5 Å². The third-order valence-electron chi connectivity index (χ3n) is 2.55. The molecule has 1 rings (SSSR count). The second kappa shape index (κ2) is 7.07. The Hall–Kier alpha value is -1.85. The molecule has 1 heterocycles. The van der Waals surface area contributed by atoms with Crippen LogP contribution in [0.15, 0.2) is 18.5 Å². The summed E-state index contributed by atoms with van der Waals surface area (Å²) >= 11 is 0. The van der Waals surface area contributed by atoms with Crippen LogP contribution in [0, 0.1) is 5.92 Å². The number of ether oxygens (including phenoxy) is 1. The van der Waals surface area contributed by atoms with E-state index in [2.05, 4.69) is 20.6 Å². The van der Waals surface area contributed by atoms with Gasteiger partial charge in [0.05, 0.1) is 6.04 Å². The van der Waals surface area contributed by atoms with Gasteiger partial charge < -0.3 is 15.4 Å². The second-order valence-electron chi connectivity index (χ2n) is 5.95. The molecule has 6 heteroatoms. The maximum Gasteiger partial charge on any atom is 0.407 e. The maximum atomic E-state index is 11.8. The first kappa shape index (κ1) is 16.2. The molecule has 2 N–H and O–H groups in total. The summed E-state index contributed by atoms with van der Waals surface area (Å²) in [5.74, 6) is 0.808. The van der Waals surface area contributed by atoms with E-state index in [0.29, 0.717) is 12.5 Å². The van der Waals surface area contributed by atoms with E-state index >= 15 is 0 Å². The summed E-state index contributed by atoms with van der Waals surface area (Å²) in [6, 6.07) is 1.69. The first-order valence-corrected chi connectivity index (χ1v) is 6.78. The number of carbonyl (C=O) groups is 1. The fraction of sp³-hybridized carbons (Fsp3) is 0.643. The minimum Gasteiger partial charge on any atom is -0.444 e. The summed E-state index contributed by atoms with van der Waals surface area (Å²) in [4.78, 5) is 20.0. The highest BCUT2D eigenvalue weighted by Gasteiger charge is 2.21. The number of nitrogens with one attached hydrogen (secondary N) is 2. The zero-order valence-corrected chi connectivity index (χ0v) is 12.8. The van der Waals surface area contributed by atoms with Crippen molar-refractivity contribution in [3.63, 3.8) is 0 Å². The molecule has 1 unspecified atom stereocenters. The van der Waals surface area contributed by atoms with Gasteiger partial charge in [0, 0.05) is 18.9 Å². The van der Waals surface area contributed by atoms with E-state index in [-0.39, 0.29) is 12.0 Å². The standard InChI is InChI=1S/C14H24N4O2/c1-10(2)11(18-13(19)20-14(3,4)5)9-17-12-15-7-6-8-16-12/h6-8,10-11H,9H2,1-5H3,(H,18,19)(H,15,16,17). The van der Waals surface area contributed by atoms with Gasteiger partial charge in [0.15, 0.2) is 0 Å². The van der Waals surface area contributed by atoms with E-state index in [9.17, 15) is 4.79 Å². The predicted molar refractivity (Wildman–Crippen MR) is 78.5 cm³/mol. The minimum atomic E-state index is -0.498. The minimum absolute atomic E-state index is 0.0614. The highest BCUT2D eigenvalue weighted by molar-refractivity contribution is 5.68. The fourth-order valence-electron chi connectivity index (χ4n) is 1.50. The number of amides is 1. The number of alkyl carbamates (subject to hydrolysis) is 1. The van der Waals surface area contributed by atoms with Gasteiger partial charge in [-0.1, -0.05) is 13.8 Å². The Kier molecular flexibility index (Phi) is 5.73. The number of anilines is 1. The average Bonchev–Trinajstić information content (AvgIpc) is 2.33. The molecule has 0 saturated carbocycles. The zero-order chi connectivity index (χ0) is 15.2. The Labute approximate surface area is 120 Å². The van der Waals surface area contributed by atoms with Crippen molar-refractivity contribution in [2.24, 2.45) is 5.92 Å². The molecule has 0 aromatic carbocycles. The van der Waals surface area contributed by atoms with Crippen molar-refractivity contribution in [1.82, 2.24) is 15.3 Å². The molecule has 0 aliphatic carbocycles. The summed E-state index contributed by atoms with van der Waals surface area (Å²) in [6.07, 6.45) is 2.93. The van der Waals surface area contributed by atoms with Crippen molar-refractivity contribution in [2.45, 2.75) is 46.3 Å². The molecule has 0 bridgehead atoms. The smallest absolute Gasteiger partial charge is 0.407 e. The molecule has 0 fully saturated rings. The van der Waals surface area contributed by atoms with Gasteiger partial charge >= 0.3 is 6.09 Å². The molecular weight excluding hydrogens is 256 g/mol. The quantitative estimate of drug-likeness (QED) is 0.866. The van der Waals surface area contributed by atoms with Gasteiger partial charge in [-0.25, -0.2) is 14.8 Å². The lowest BCUT2D eigenvalue weighted by atomic mass is 10.0. The number of nitrogens with zero attached hydrogens (tertiary/aromatic N) is 2. The Morgan fingerprint density at radius 2 is 1.90 bits per heavy atom. The Balaban J connectivity index is 2.51. The van der Waals surface area contributed by atoms with Crippen LogP contribution in [0.3, 0.4) is 0 Å². The number of aromatic nitrogens is 2. The predicted octanol–water partition coefficient (Wildman–Crippen LogP) is 2.44. The van der Waals surface area contributed by atoms with Crippen LogP contribution in [0.25, 0.3) is 0 Å². The number of hydrogen-bond acceptors (Lipinski definition) is 5. The largest absolute Gasteiger partial charge is 0.444 e. The summed E-state index contributed by atoms with van der Waals surface area (Å²) < 4.78 is 5.26. The molecule has 0 aliphatic heterocycles. The van der Waals surface area contributed by atoms with Gasteiger partial charge in [-0.15, -0.1) is 0 Å². The highest BCUT2D eigenvalue weighted by atomic mass is 16.6. The van der Waals surface area contributed by atoms with Crippen LogP contribution in [0.4, 0.5) is 10.7 Å². The van der Waals surface area contributed by atoms with Crippen molar-refractivity contribution >= 4 is 12.0 Å². The average molecular weight is 280 g/mol. The fourth-order valence-corrected chi connectivity index (χ4v) is 1.50. The molecule has 1 aromatic rings. The van der Waals surface area contributed by atoms with Crippen LogP contribution >= 0.6 is 0 Å². The second-order valence-corrected chi connectivity index (χ2v) is 5.95. The SMILES string of the molecule is CC(C)C(CNc1ncccn1)NC(=O)OC(C)(C)C. The Morgan fingerprint density at radius 1 is 1.30 bits per heavy atom. The molecular formula is C14H24N4O2. The Bertz CT molecular complexity index is 415. The van der Waals surface area contributed by atoms with E-state index in [1.807, 2.05) is 34.6 Å². The lowest BCUT2D eigenvalue weighted by Crippen LogP contribution is -2.45. The molecule has 1 atom stereocenters. The van der Waals surface area contributed by atoms with Gasteiger partial charge in [-0.2, -0.15) is 0 Å². The highest BCUT2D eigenvalue weighted by Crippen LogP contribution is 2.09. The molecule has 0 spiro atoms. The van der Waals surface area contributed by atoms with E-state index in [4.69, 9.17) is 4.74 Å². The van der Waals surface area contributed by atoms with Gasteiger partial charge in [0.2, 0.25) is 5.95 Å². The third kappa shape index (κ3) is 6.36. The van der Waals surface area contributed by atoms with Gasteiger partial charge in [0.1, 0.15) is 5.60 Å². The van der Waals surface area contributed by atoms with Gasteiger partial charge in [-0.05, 0) is 32.8 Å². The monoisotopic (exact) mass is 280 g/mol. The zero-order valence-electron chi connectivity index (χ0n) is 12.8. The van der Waals surface area contributed by atoms with Crippen LogP contribution < -0.4 is 10.6 Å². The first-order chi connectivity index (χ1) is 9.28. The third-order valence-corrected chi connectivity index (χ3v) is 2.55. The lowest BCUT2D eigenvalue weighted by Gasteiger charge is -2.26. The molecule has 1 amide bonds. The van der Waals surface area contributed by atoms with E-state index in [1.165, 1.54) is 0 Å². The van der Waals surface area contributed by atoms with Crippen molar-refractivity contribution in [2.75, 3.05) is 11.9 Å². The molecule has 0 saturated heterocycles. The van der Waals surface area contributed by atoms with Crippen LogP contribution in [0.1, 0.15) is 34.6 Å². The number of rotatable bonds is 5. The van der Waals surface area contributed by atoms with Crippen LogP contribution in [-0.4, -0.2) is 34.2 Å². The molecule has 20 heavy (non-hydrogen) atoms. The molecule has 112 valence electrons. The molecule has 0 aliphatic rings. The summed E-state index contributed by atoms with van der Waals surface area (Å²) in [7, 11) is 0. The normalized spacial score (nSPS) is 12.9. The van der Waals surface area contributed by atoms with Crippen LogP contribution in [0.2, 0.25) is 0 Å². The van der Waals surface area contributed by atoms with Crippen LogP contribution in [-0.2, 0) is 4.74 Å². The van der Waals surface area contributed by atoms with E-state index < -0.39 is 11.7 Å². The summed E-state index contributed by atoms with van der Waals surface area (Å²) in [5, 5.41) is 5.97.